The van der Waals surface area contributed by atoms with Crippen molar-refractivity contribution in [3.05, 3.63) is 183 Å². The van der Waals surface area contributed by atoms with Crippen LogP contribution in [0, 0.1) is 5.92 Å². The number of hydrogen-bond donors (Lipinski definition) is 4. The van der Waals surface area contributed by atoms with Crippen LogP contribution in [0.2, 0.25) is 0 Å². The number of aromatic amines is 3. The Hall–Kier alpha value is -8.72. The predicted octanol–water partition coefficient (Wildman–Crippen LogP) is 4.73. The number of nitrogens with zero attached hydrogens (tertiary/aromatic N) is 11. The van der Waals surface area contributed by atoms with Crippen LogP contribution in [-0.2, 0) is 63.4 Å². The van der Waals surface area contributed by atoms with Gasteiger partial charge in [0, 0.05) is 93.2 Å². The topological polar surface area (TPSA) is 452 Å². The van der Waals surface area contributed by atoms with Crippen molar-refractivity contribution in [1.82, 2.24) is 37.8 Å². The summed E-state index contributed by atoms with van der Waals surface area (Å²) in [4.78, 5) is 106. The lowest BCUT2D eigenvalue weighted by molar-refractivity contribution is -0.296. The van der Waals surface area contributed by atoms with E-state index in [0.29, 0.717) is 37.0 Å². The zero-order valence-corrected chi connectivity index (χ0v) is 58.1. The molecular formula is C61H81F8N15O21. The van der Waals surface area contributed by atoms with Gasteiger partial charge in [-0.15, -0.1) is 0 Å². The predicted molar refractivity (Wildman–Crippen MR) is 348 cm³/mol. The van der Waals surface area contributed by atoms with Crippen molar-refractivity contribution in [1.29, 1.82) is 0 Å². The number of aromatic nitrogens is 8. The summed E-state index contributed by atoms with van der Waals surface area (Å²) in [5.41, 5.74) is 18.6. The molecule has 4 fully saturated rings. The highest BCUT2D eigenvalue weighted by Gasteiger charge is 2.54. The van der Waals surface area contributed by atoms with Crippen molar-refractivity contribution in [2.24, 2.45) is 21.9 Å². The quantitative estimate of drug-likeness (QED) is 0.0218. The molecule has 8 heterocycles. The molecule has 0 radical (unpaired) electrons. The minimum absolute atomic E-state index is 0.0719. The van der Waals surface area contributed by atoms with Crippen molar-refractivity contribution >= 4 is 0 Å². The van der Waals surface area contributed by atoms with Gasteiger partial charge in [0.2, 0.25) is 0 Å². The molecule has 0 unspecified atom stereocenters. The fourth-order valence-electron chi connectivity index (χ4n) is 11.7. The fraction of sp³-hybridized carbons (Fsp3) is 0.639. The monoisotopic (exact) mass is 1510 g/mol. The highest BCUT2D eigenvalue weighted by atomic mass is 19.3. The summed E-state index contributed by atoms with van der Waals surface area (Å²) in [6.07, 6.45) is -21.0. The maximum Gasteiger partial charge on any atom is 0.379 e. The van der Waals surface area contributed by atoms with Crippen molar-refractivity contribution < 1.29 is 96.7 Å². The molecule has 1 aromatic carbocycles. The van der Waals surface area contributed by atoms with E-state index in [9.17, 15) is 73.5 Å². The maximum atomic E-state index is 14.3. The van der Waals surface area contributed by atoms with E-state index in [1.165, 1.54) is 13.3 Å². The second-order valence-electron chi connectivity index (χ2n) is 23.7. The second kappa shape index (κ2) is 38.0. The summed E-state index contributed by atoms with van der Waals surface area (Å²) < 4.78 is 181. The Balaban J connectivity index is 0.000000223. The van der Waals surface area contributed by atoms with Gasteiger partial charge in [0.1, 0.15) is 56.6 Å². The van der Waals surface area contributed by atoms with E-state index in [1.54, 1.807) is 52.0 Å². The number of benzene rings is 1. The summed E-state index contributed by atoms with van der Waals surface area (Å²) in [5, 5.41) is 7.09. The van der Waals surface area contributed by atoms with Gasteiger partial charge in [-0.25, -0.2) is 19.2 Å². The maximum absolute atomic E-state index is 14.3. The molecule has 4 aliphatic rings. The van der Waals surface area contributed by atoms with Crippen LogP contribution in [0.25, 0.3) is 20.9 Å². The van der Waals surface area contributed by atoms with Crippen LogP contribution in [-0.4, -0.2) is 191 Å². The molecule has 105 heavy (non-hydrogen) atoms. The lowest BCUT2D eigenvalue weighted by Gasteiger charge is -2.27. The number of halogens is 8. The average Bonchev–Trinajstić information content (AvgIpc) is 1.55. The second-order valence-corrected chi connectivity index (χ2v) is 23.7. The Morgan fingerprint density at radius 3 is 1.17 bits per heavy atom. The van der Waals surface area contributed by atoms with Gasteiger partial charge in [0.25, 0.3) is 22.2 Å². The highest BCUT2D eigenvalue weighted by Crippen LogP contribution is 2.42. The van der Waals surface area contributed by atoms with Gasteiger partial charge in [-0.1, -0.05) is 57.0 Å². The van der Waals surface area contributed by atoms with Crippen LogP contribution in [0.4, 0.5) is 35.1 Å². The van der Waals surface area contributed by atoms with E-state index in [2.05, 4.69) is 44.0 Å². The first kappa shape index (κ1) is 85.2. The molecule has 4 saturated heterocycles. The van der Waals surface area contributed by atoms with Crippen molar-refractivity contribution in [2.45, 2.75) is 183 Å². The number of ether oxygens (including phenoxy) is 13. The molecule has 0 bridgehead atoms. The third-order valence-electron chi connectivity index (χ3n) is 16.4. The van der Waals surface area contributed by atoms with Crippen molar-refractivity contribution in [2.75, 3.05) is 62.0 Å². The van der Waals surface area contributed by atoms with Gasteiger partial charge in [0.05, 0.1) is 56.2 Å². The van der Waals surface area contributed by atoms with Gasteiger partial charge in [-0.2, -0.15) is 35.1 Å². The smallest absolute Gasteiger partial charge is 0.379 e. The first-order valence-electron chi connectivity index (χ1n) is 32.2. The van der Waals surface area contributed by atoms with Gasteiger partial charge in [-0.05, 0) is 54.4 Å². The number of nitrogens with two attached hydrogens (primary N) is 1. The standard InChI is InChI=1S/C21H25F2N5O6.C14H20F2N2O5.C13H17F2N5O5.C13H19F2N3O5/c1-4-15-17(25-26-24)18(34-21(22,23)12-31-2)19(33-15)27-10-9-16(29)28(20(27)30)11-13-5-7-14(32-3)8-6-13;1-4-9-8(2)11(23-14(15,16)7-21-3)12(22-9)18-6-5-10(19)17-13(18)20;1-3-7-9(18-19-16)10(25-13(14,15)6-23-2)11(24-7)20-5-4-8(21)17-12(20)22;1-3-7-9(16)10(23-13(14,15)6-21-2)11(22-7)18-5-4-8(19)17-12(18)20/h5-10,15,17-19H,4,11-12H2,1-3H3;5-6,8-9,11-12H,4,7H2,1-3H3,(H,17,19,20);4-5,7,9-11H,3,6H2,1-2H3,(H,17,21,22);4-5,7,9-11H,3,6,16H2,1-2H3,(H,17,19,20)/t15-,17-,18-,19-;8-,9-,11-,12-;2*7-,9-,10-,11-/m1111/s1. The number of nitrogens with one attached hydrogen (secondary N) is 3. The van der Waals surface area contributed by atoms with Gasteiger partial charge in [0.15, 0.2) is 24.9 Å². The van der Waals surface area contributed by atoms with E-state index in [4.69, 9.17) is 59.4 Å². The SMILES string of the molecule is CC[C@H]1O[C@@H](n2ccc(=O)[nH]c2=O)[C@H](OC(F)(F)COC)[C@@H]1C.CC[C@H]1O[C@@H](n2ccc(=O)[nH]c2=O)[C@H](OC(F)(F)COC)[C@@H]1N.CC[C@H]1O[C@@H](n2ccc(=O)[nH]c2=O)[C@H](OC(F)(F)COC)[C@@H]1N=[N+]=[N-].CC[C@H]1O[C@@H](n2ccc(=O)n(Cc3ccc(OC)cc3)c2=O)[C@H](OC(F)(F)COC)[C@@H]1N=[N+]=[N-]. The number of azide groups is 2. The average molecular weight is 1510 g/mol. The number of alkyl halides is 8. The molecule has 5 aromatic rings. The lowest BCUT2D eigenvalue weighted by atomic mass is 9.98. The van der Waals surface area contributed by atoms with E-state index < -0.39 is 182 Å². The third kappa shape index (κ3) is 22.2. The van der Waals surface area contributed by atoms with Crippen LogP contribution in [0.5, 0.6) is 5.75 Å². The number of rotatable bonds is 29. The summed E-state index contributed by atoms with van der Waals surface area (Å²) in [6, 6.07) is 8.01. The highest BCUT2D eigenvalue weighted by molar-refractivity contribution is 5.27. The molecule has 5 N–H and O–H groups in total. The largest absolute Gasteiger partial charge is 0.497 e. The van der Waals surface area contributed by atoms with Crippen LogP contribution in [0.15, 0.2) is 122 Å². The first-order valence-corrected chi connectivity index (χ1v) is 32.2. The molecule has 0 aliphatic carbocycles. The molecule has 4 aliphatic heterocycles. The van der Waals surface area contributed by atoms with E-state index in [1.807, 2.05) is 16.9 Å². The first-order chi connectivity index (χ1) is 49.6. The fourth-order valence-corrected chi connectivity index (χ4v) is 11.7. The lowest BCUT2D eigenvalue weighted by Crippen LogP contribution is -2.47. The molecule has 16 atom stereocenters. The zero-order chi connectivity index (χ0) is 77.9. The molecule has 0 spiro atoms. The van der Waals surface area contributed by atoms with E-state index in [-0.39, 0.29) is 18.6 Å². The molecule has 582 valence electrons. The summed E-state index contributed by atoms with van der Waals surface area (Å²) in [6.45, 7) is 4.74. The molecule has 44 heteroatoms. The van der Waals surface area contributed by atoms with Crippen LogP contribution >= 0.6 is 0 Å². The Kier molecular flexibility index (Phi) is 30.8. The van der Waals surface area contributed by atoms with Gasteiger partial charge < -0.3 is 67.3 Å². The Bertz CT molecular complexity index is 4130. The molecule has 9 rings (SSSR count). The molecule has 36 nitrogen and oxygen atoms in total. The van der Waals surface area contributed by atoms with E-state index >= 15 is 0 Å². The molecule has 0 saturated carbocycles. The molecule has 0 amide bonds. The minimum atomic E-state index is -3.74. The van der Waals surface area contributed by atoms with Crippen molar-refractivity contribution in [3.63, 3.8) is 0 Å². The number of H-pyrrole nitrogens is 3. The molecular weight excluding hydrogens is 1430 g/mol. The van der Waals surface area contributed by atoms with Gasteiger partial charge >= 0.3 is 47.2 Å². The normalized spacial score (nSPS) is 25.9. The van der Waals surface area contributed by atoms with Crippen molar-refractivity contribution in [3.8, 4) is 5.75 Å². The Morgan fingerprint density at radius 2 is 0.810 bits per heavy atom. The number of hydrogen-bond acceptors (Lipinski definition) is 24. The summed E-state index contributed by atoms with van der Waals surface area (Å²) in [5.74, 6) is 0.235. The summed E-state index contributed by atoms with van der Waals surface area (Å²) in [7, 11) is 5.93. The van der Waals surface area contributed by atoms with Crippen LogP contribution in [0.1, 0.15) is 90.8 Å². The van der Waals surface area contributed by atoms with Crippen LogP contribution < -0.4 is 55.5 Å². The van der Waals surface area contributed by atoms with E-state index in [0.717, 1.165) is 94.1 Å². The van der Waals surface area contributed by atoms with Crippen LogP contribution in [0.3, 0.4) is 0 Å². The third-order valence-corrected chi connectivity index (χ3v) is 16.4. The Morgan fingerprint density at radius 1 is 0.476 bits per heavy atom. The zero-order valence-electron chi connectivity index (χ0n) is 58.1. The summed E-state index contributed by atoms with van der Waals surface area (Å²) >= 11 is 0. The van der Waals surface area contributed by atoms with Gasteiger partial charge in [-0.3, -0.25) is 57.0 Å². The minimum Gasteiger partial charge on any atom is -0.497 e. The molecule has 4 aromatic heterocycles. The number of methoxy groups -OCH3 is 5. The Labute approximate surface area is 588 Å².